The molecule has 0 saturated heterocycles. The van der Waals surface area contributed by atoms with Crippen molar-refractivity contribution in [1.82, 2.24) is 10.2 Å². The van der Waals surface area contributed by atoms with Crippen LogP contribution in [0.2, 0.25) is 0 Å². The third kappa shape index (κ3) is 3.65. The second kappa shape index (κ2) is 7.92. The standard InChI is InChI=1S/C18H30N2O/c1-5-19-18-16-10-8-7-9-15(16)14(3)13-17(18)20(6-2)11-12-21-4/h7-10,14,17-19H,5-6,11-13H2,1-4H3. The van der Waals surface area contributed by atoms with E-state index in [4.69, 9.17) is 4.74 Å². The average molecular weight is 290 g/mol. The van der Waals surface area contributed by atoms with Gasteiger partial charge in [-0.1, -0.05) is 45.0 Å². The molecule has 3 heteroatoms. The Hall–Kier alpha value is -0.900. The number of methoxy groups -OCH3 is 1. The highest BCUT2D eigenvalue weighted by molar-refractivity contribution is 5.36. The van der Waals surface area contributed by atoms with Crippen LogP contribution in [-0.4, -0.2) is 44.3 Å². The molecule has 1 aliphatic rings. The Morgan fingerprint density at radius 3 is 2.57 bits per heavy atom. The summed E-state index contributed by atoms with van der Waals surface area (Å²) in [5.41, 5.74) is 3.00. The van der Waals surface area contributed by atoms with Gasteiger partial charge in [0.15, 0.2) is 0 Å². The van der Waals surface area contributed by atoms with Crippen molar-refractivity contribution in [2.45, 2.75) is 45.2 Å². The molecule has 0 bridgehead atoms. The molecule has 1 N–H and O–H groups in total. The van der Waals surface area contributed by atoms with Crippen LogP contribution in [-0.2, 0) is 4.74 Å². The molecular formula is C18H30N2O. The second-order valence-corrected chi connectivity index (χ2v) is 5.99. The molecule has 118 valence electrons. The summed E-state index contributed by atoms with van der Waals surface area (Å²) in [6.45, 7) is 10.7. The van der Waals surface area contributed by atoms with Crippen LogP contribution in [0.5, 0.6) is 0 Å². The summed E-state index contributed by atoms with van der Waals surface area (Å²) in [6, 6.07) is 9.92. The van der Waals surface area contributed by atoms with Gasteiger partial charge < -0.3 is 10.1 Å². The van der Waals surface area contributed by atoms with E-state index in [1.54, 1.807) is 7.11 Å². The van der Waals surface area contributed by atoms with E-state index in [-0.39, 0.29) is 0 Å². The predicted molar refractivity (Wildman–Crippen MR) is 88.8 cm³/mol. The minimum absolute atomic E-state index is 0.430. The lowest BCUT2D eigenvalue weighted by Crippen LogP contribution is -2.48. The van der Waals surface area contributed by atoms with Gasteiger partial charge in [0.25, 0.3) is 0 Å². The molecule has 1 aromatic carbocycles. The summed E-state index contributed by atoms with van der Waals surface area (Å²) in [4.78, 5) is 2.57. The van der Waals surface area contributed by atoms with Crippen LogP contribution in [0.1, 0.15) is 50.3 Å². The largest absolute Gasteiger partial charge is 0.383 e. The fourth-order valence-electron chi connectivity index (χ4n) is 3.67. The smallest absolute Gasteiger partial charge is 0.0589 e. The monoisotopic (exact) mass is 290 g/mol. The summed E-state index contributed by atoms with van der Waals surface area (Å²) in [5, 5.41) is 3.72. The Kier molecular flexibility index (Phi) is 6.22. The average Bonchev–Trinajstić information content (AvgIpc) is 2.51. The van der Waals surface area contributed by atoms with Crippen LogP contribution >= 0.6 is 0 Å². The number of hydrogen-bond acceptors (Lipinski definition) is 3. The maximum Gasteiger partial charge on any atom is 0.0589 e. The van der Waals surface area contributed by atoms with Crippen molar-refractivity contribution in [2.75, 3.05) is 33.4 Å². The number of nitrogens with one attached hydrogen (secondary N) is 1. The highest BCUT2D eigenvalue weighted by Gasteiger charge is 2.35. The first-order chi connectivity index (χ1) is 10.2. The van der Waals surface area contributed by atoms with Crippen molar-refractivity contribution in [3.63, 3.8) is 0 Å². The molecule has 0 aromatic heterocycles. The lowest BCUT2D eigenvalue weighted by Gasteiger charge is -2.43. The SMILES string of the molecule is CCNC1c2ccccc2C(C)CC1N(CC)CCOC. The van der Waals surface area contributed by atoms with Crippen LogP contribution in [0.15, 0.2) is 24.3 Å². The predicted octanol–water partition coefficient (Wildman–Crippen LogP) is 3.18. The van der Waals surface area contributed by atoms with Gasteiger partial charge in [-0.25, -0.2) is 0 Å². The first kappa shape index (κ1) is 16.5. The van der Waals surface area contributed by atoms with Gasteiger partial charge in [0.1, 0.15) is 0 Å². The normalized spacial score (nSPS) is 25.1. The third-order valence-corrected chi connectivity index (χ3v) is 4.72. The van der Waals surface area contributed by atoms with Gasteiger partial charge in [0.05, 0.1) is 6.61 Å². The number of rotatable bonds is 7. The first-order valence-corrected chi connectivity index (χ1v) is 8.28. The van der Waals surface area contributed by atoms with Gasteiger partial charge in [-0.05, 0) is 36.6 Å². The Morgan fingerprint density at radius 1 is 1.24 bits per heavy atom. The molecule has 0 amide bonds. The lowest BCUT2D eigenvalue weighted by molar-refractivity contribution is 0.0940. The summed E-state index contributed by atoms with van der Waals surface area (Å²) >= 11 is 0. The summed E-state index contributed by atoms with van der Waals surface area (Å²) in [6.07, 6.45) is 1.21. The second-order valence-electron chi connectivity index (χ2n) is 5.99. The molecule has 0 heterocycles. The van der Waals surface area contributed by atoms with Gasteiger partial charge in [0.2, 0.25) is 0 Å². The zero-order valence-corrected chi connectivity index (χ0v) is 13.9. The van der Waals surface area contributed by atoms with Crippen LogP contribution in [0, 0.1) is 0 Å². The molecule has 21 heavy (non-hydrogen) atoms. The van der Waals surface area contributed by atoms with Crippen molar-refractivity contribution < 1.29 is 4.74 Å². The summed E-state index contributed by atoms with van der Waals surface area (Å²) < 4.78 is 5.29. The fourth-order valence-corrected chi connectivity index (χ4v) is 3.67. The van der Waals surface area contributed by atoms with E-state index in [1.807, 2.05) is 0 Å². The van der Waals surface area contributed by atoms with Crippen LogP contribution in [0.3, 0.4) is 0 Å². The summed E-state index contributed by atoms with van der Waals surface area (Å²) in [5.74, 6) is 0.623. The molecule has 1 aromatic rings. The number of benzene rings is 1. The van der Waals surface area contributed by atoms with Gasteiger partial charge in [-0.2, -0.15) is 0 Å². The highest BCUT2D eigenvalue weighted by Crippen LogP contribution is 2.39. The van der Waals surface area contributed by atoms with Gasteiger partial charge in [0, 0.05) is 25.7 Å². The quantitative estimate of drug-likeness (QED) is 0.834. The lowest BCUT2D eigenvalue weighted by atomic mass is 9.77. The maximum absolute atomic E-state index is 5.29. The van der Waals surface area contributed by atoms with Crippen molar-refractivity contribution in [3.8, 4) is 0 Å². The topological polar surface area (TPSA) is 24.5 Å². The van der Waals surface area contributed by atoms with E-state index in [9.17, 15) is 0 Å². The first-order valence-electron chi connectivity index (χ1n) is 8.28. The fraction of sp³-hybridized carbons (Fsp3) is 0.667. The summed E-state index contributed by atoms with van der Waals surface area (Å²) in [7, 11) is 1.79. The van der Waals surface area contributed by atoms with Gasteiger partial charge in [-0.15, -0.1) is 0 Å². The third-order valence-electron chi connectivity index (χ3n) is 4.72. The molecule has 1 aliphatic carbocycles. The molecule has 2 rings (SSSR count). The molecule has 3 unspecified atom stereocenters. The van der Waals surface area contributed by atoms with E-state index in [2.05, 4.69) is 55.3 Å². The van der Waals surface area contributed by atoms with Crippen molar-refractivity contribution >= 4 is 0 Å². The number of ether oxygens (including phenoxy) is 1. The minimum atomic E-state index is 0.430. The molecule has 0 fully saturated rings. The number of fused-ring (bicyclic) bond motifs is 1. The Balaban J connectivity index is 2.28. The zero-order valence-electron chi connectivity index (χ0n) is 13.9. The van der Waals surface area contributed by atoms with Crippen molar-refractivity contribution in [1.29, 1.82) is 0 Å². The Bertz CT molecular complexity index is 435. The maximum atomic E-state index is 5.29. The van der Waals surface area contributed by atoms with Crippen LogP contribution in [0.4, 0.5) is 0 Å². The number of likely N-dealkylation sites (N-methyl/N-ethyl adjacent to an activating group) is 2. The van der Waals surface area contributed by atoms with E-state index >= 15 is 0 Å². The molecule has 0 spiro atoms. The van der Waals surface area contributed by atoms with E-state index in [1.165, 1.54) is 17.5 Å². The number of hydrogen-bond donors (Lipinski definition) is 1. The molecule has 0 aliphatic heterocycles. The molecular weight excluding hydrogens is 260 g/mol. The van der Waals surface area contributed by atoms with Crippen LogP contribution in [0.25, 0.3) is 0 Å². The Labute approximate surface area is 129 Å². The molecule has 3 nitrogen and oxygen atoms in total. The zero-order chi connectivity index (χ0) is 15.2. The van der Waals surface area contributed by atoms with Crippen molar-refractivity contribution in [2.24, 2.45) is 0 Å². The van der Waals surface area contributed by atoms with Crippen molar-refractivity contribution in [3.05, 3.63) is 35.4 Å². The van der Waals surface area contributed by atoms with Gasteiger partial charge >= 0.3 is 0 Å². The molecule has 3 atom stereocenters. The van der Waals surface area contributed by atoms with Crippen LogP contribution < -0.4 is 5.32 Å². The van der Waals surface area contributed by atoms with E-state index in [0.29, 0.717) is 18.0 Å². The highest BCUT2D eigenvalue weighted by atomic mass is 16.5. The Morgan fingerprint density at radius 2 is 1.95 bits per heavy atom. The molecule has 0 radical (unpaired) electrons. The van der Waals surface area contributed by atoms with Gasteiger partial charge in [-0.3, -0.25) is 4.90 Å². The number of nitrogens with zero attached hydrogens (tertiary/aromatic N) is 1. The minimum Gasteiger partial charge on any atom is -0.383 e. The molecule has 0 saturated carbocycles. The van der Waals surface area contributed by atoms with E-state index in [0.717, 1.165) is 26.2 Å². The van der Waals surface area contributed by atoms with E-state index < -0.39 is 0 Å².